The minimum atomic E-state index is -0.109. The number of anilines is 1. The van der Waals surface area contributed by atoms with E-state index in [1.54, 1.807) is 16.9 Å². The van der Waals surface area contributed by atoms with Crippen LogP contribution >= 0.6 is 0 Å². The van der Waals surface area contributed by atoms with E-state index < -0.39 is 0 Å². The second kappa shape index (κ2) is 6.65. The molecule has 2 fully saturated rings. The highest BCUT2D eigenvalue weighted by Crippen LogP contribution is 2.42. The first-order valence-electron chi connectivity index (χ1n) is 10.5. The average molecular weight is 405 g/mol. The van der Waals surface area contributed by atoms with Crippen LogP contribution < -0.4 is 4.90 Å². The number of amides is 1. The van der Waals surface area contributed by atoms with Gasteiger partial charge in [-0.05, 0) is 30.7 Å². The third kappa shape index (κ3) is 2.79. The lowest BCUT2D eigenvalue weighted by Crippen LogP contribution is -2.29. The number of aryl methyl sites for hydroxylation is 1. The van der Waals surface area contributed by atoms with Crippen molar-refractivity contribution in [3.8, 4) is 11.3 Å². The van der Waals surface area contributed by atoms with Crippen molar-refractivity contribution in [3.05, 3.63) is 41.7 Å². The topological polar surface area (TPSA) is 93.2 Å². The Bertz CT molecular complexity index is 1110. The second-order valence-corrected chi connectivity index (χ2v) is 8.53. The van der Waals surface area contributed by atoms with Gasteiger partial charge in [-0.25, -0.2) is 9.97 Å². The van der Waals surface area contributed by atoms with E-state index in [1.807, 2.05) is 24.3 Å². The maximum Gasteiger partial charge on any atom is 0.292 e. The number of hydrogen-bond acceptors (Lipinski definition) is 7. The Morgan fingerprint density at radius 1 is 1.20 bits per heavy atom. The lowest BCUT2D eigenvalue weighted by Gasteiger charge is -2.18. The zero-order valence-electron chi connectivity index (χ0n) is 16.9. The minimum Gasteiger partial charge on any atom is -0.350 e. The smallest absolute Gasteiger partial charge is 0.292 e. The summed E-state index contributed by atoms with van der Waals surface area (Å²) in [5.74, 6) is 1.67. The molecule has 0 bridgehead atoms. The van der Waals surface area contributed by atoms with Gasteiger partial charge in [-0.15, -0.1) is 0 Å². The van der Waals surface area contributed by atoms with Crippen LogP contribution in [-0.4, -0.2) is 61.9 Å². The Labute approximate surface area is 173 Å². The van der Waals surface area contributed by atoms with Crippen molar-refractivity contribution in [1.29, 1.82) is 0 Å². The summed E-state index contributed by atoms with van der Waals surface area (Å²) in [6.07, 6.45) is 8.89. The highest BCUT2D eigenvalue weighted by atomic mass is 16.5. The maximum atomic E-state index is 13.0. The quantitative estimate of drug-likeness (QED) is 0.657. The zero-order valence-corrected chi connectivity index (χ0v) is 16.9. The monoisotopic (exact) mass is 405 g/mol. The van der Waals surface area contributed by atoms with Crippen molar-refractivity contribution in [2.75, 3.05) is 31.1 Å². The first-order valence-corrected chi connectivity index (χ1v) is 10.5. The molecule has 0 unspecified atom stereocenters. The molecule has 30 heavy (non-hydrogen) atoms. The molecule has 0 saturated carbocycles. The van der Waals surface area contributed by atoms with Crippen LogP contribution in [0.3, 0.4) is 0 Å². The van der Waals surface area contributed by atoms with Gasteiger partial charge in [0.15, 0.2) is 0 Å². The van der Waals surface area contributed by atoms with E-state index in [1.165, 1.54) is 18.4 Å². The van der Waals surface area contributed by atoms with Crippen LogP contribution in [0.5, 0.6) is 0 Å². The van der Waals surface area contributed by atoms with Gasteiger partial charge in [0.05, 0.1) is 11.9 Å². The van der Waals surface area contributed by atoms with E-state index in [-0.39, 0.29) is 17.6 Å². The van der Waals surface area contributed by atoms with Gasteiger partial charge >= 0.3 is 0 Å². The average Bonchev–Trinajstić information content (AvgIpc) is 3.55. The van der Waals surface area contributed by atoms with Gasteiger partial charge in [-0.2, -0.15) is 5.10 Å². The Balaban J connectivity index is 1.20. The molecule has 3 aromatic heterocycles. The fourth-order valence-corrected chi connectivity index (χ4v) is 5.02. The van der Waals surface area contributed by atoms with Crippen molar-refractivity contribution in [1.82, 2.24) is 29.8 Å². The van der Waals surface area contributed by atoms with E-state index in [2.05, 4.69) is 20.1 Å². The van der Waals surface area contributed by atoms with Gasteiger partial charge < -0.3 is 14.3 Å². The van der Waals surface area contributed by atoms with Gasteiger partial charge in [-0.3, -0.25) is 9.48 Å². The van der Waals surface area contributed by atoms with Crippen molar-refractivity contribution in [3.63, 3.8) is 0 Å². The van der Waals surface area contributed by atoms with E-state index in [9.17, 15) is 4.79 Å². The van der Waals surface area contributed by atoms with Crippen LogP contribution in [-0.2, 0) is 13.5 Å². The Morgan fingerprint density at radius 2 is 2.07 bits per heavy atom. The summed E-state index contributed by atoms with van der Waals surface area (Å²) in [6.45, 7) is 3.43. The van der Waals surface area contributed by atoms with E-state index in [0.29, 0.717) is 24.7 Å². The molecule has 2 aliphatic heterocycles. The number of hydrogen-bond donors (Lipinski definition) is 0. The number of nitrogens with zero attached hydrogens (tertiary/aromatic N) is 7. The Hall–Kier alpha value is -3.23. The highest BCUT2D eigenvalue weighted by Gasteiger charge is 2.44. The van der Waals surface area contributed by atoms with E-state index in [0.717, 1.165) is 36.7 Å². The van der Waals surface area contributed by atoms with Gasteiger partial charge in [0, 0.05) is 63.2 Å². The fraction of sp³-hybridized carbons (Fsp3) is 0.476. The van der Waals surface area contributed by atoms with Crippen molar-refractivity contribution >= 4 is 11.9 Å². The van der Waals surface area contributed by atoms with Crippen LogP contribution in [0.2, 0.25) is 0 Å². The first kappa shape index (κ1) is 17.6. The molecule has 0 N–H and O–H groups in total. The van der Waals surface area contributed by atoms with Crippen LogP contribution in [0.4, 0.5) is 5.95 Å². The molecule has 3 aliphatic rings. The van der Waals surface area contributed by atoms with Gasteiger partial charge in [0.2, 0.25) is 11.7 Å². The molecule has 0 radical (unpaired) electrons. The van der Waals surface area contributed by atoms with Gasteiger partial charge in [0.25, 0.3) is 5.91 Å². The van der Waals surface area contributed by atoms with Crippen LogP contribution in [0, 0.1) is 5.92 Å². The summed E-state index contributed by atoms with van der Waals surface area (Å²) in [6, 6.07) is 1.70. The predicted molar refractivity (Wildman–Crippen MR) is 108 cm³/mol. The first-order chi connectivity index (χ1) is 14.7. The maximum absolute atomic E-state index is 13.0. The second-order valence-electron chi connectivity index (χ2n) is 8.53. The molecule has 2 saturated heterocycles. The number of rotatable bonds is 3. The standard InChI is InChI=1S/C21H23N7O2/c1-26-10-15(9-23-26)17-7-18(30-25-17)20(29)28-11-14-6-13-8-22-21(27-4-2-3-5-27)24-19(13)16(14)12-28/h7-10,14,16H,2-6,11-12H2,1H3/t14-,16+/m1/s1. The summed E-state index contributed by atoms with van der Waals surface area (Å²) < 4.78 is 7.07. The number of carbonyl (C=O) groups is 1. The predicted octanol–water partition coefficient (Wildman–Crippen LogP) is 1.88. The number of aromatic nitrogens is 5. The molecule has 1 amide bonds. The van der Waals surface area contributed by atoms with E-state index in [4.69, 9.17) is 9.51 Å². The van der Waals surface area contributed by atoms with Crippen LogP contribution in [0.15, 0.2) is 29.2 Å². The molecule has 6 rings (SSSR count). The highest BCUT2D eigenvalue weighted by molar-refractivity contribution is 5.92. The fourth-order valence-electron chi connectivity index (χ4n) is 5.02. The summed E-state index contributed by atoms with van der Waals surface area (Å²) >= 11 is 0. The summed E-state index contributed by atoms with van der Waals surface area (Å²) in [5, 5.41) is 8.20. The van der Waals surface area contributed by atoms with Crippen LogP contribution in [0.1, 0.15) is 40.6 Å². The molecule has 2 atom stereocenters. The molecule has 0 spiro atoms. The molecule has 3 aromatic rings. The minimum absolute atomic E-state index is 0.109. The Morgan fingerprint density at radius 3 is 2.87 bits per heavy atom. The molecular weight excluding hydrogens is 382 g/mol. The molecule has 1 aliphatic carbocycles. The van der Waals surface area contributed by atoms with Crippen molar-refractivity contribution < 1.29 is 9.32 Å². The largest absolute Gasteiger partial charge is 0.350 e. The van der Waals surface area contributed by atoms with Crippen LogP contribution in [0.25, 0.3) is 11.3 Å². The molecule has 9 heteroatoms. The lowest BCUT2D eigenvalue weighted by atomic mass is 9.99. The summed E-state index contributed by atoms with van der Waals surface area (Å²) in [4.78, 5) is 26.7. The summed E-state index contributed by atoms with van der Waals surface area (Å²) in [7, 11) is 1.84. The molecular formula is C21H23N7O2. The molecule has 154 valence electrons. The Kier molecular flexibility index (Phi) is 3.90. The van der Waals surface area contributed by atoms with E-state index >= 15 is 0 Å². The third-order valence-electron chi connectivity index (χ3n) is 6.56. The van der Waals surface area contributed by atoms with Gasteiger partial charge in [0.1, 0.15) is 5.69 Å². The number of carbonyl (C=O) groups excluding carboxylic acids is 1. The molecule has 0 aromatic carbocycles. The lowest BCUT2D eigenvalue weighted by molar-refractivity contribution is 0.0743. The van der Waals surface area contributed by atoms with Crippen molar-refractivity contribution in [2.24, 2.45) is 13.0 Å². The number of likely N-dealkylation sites (tertiary alicyclic amines) is 1. The zero-order chi connectivity index (χ0) is 20.2. The SMILES string of the molecule is Cn1cc(-c2cc(C(=O)N3C[C@H]4Cc5cnc(N6CCCC6)nc5[C@H]4C3)on2)cn1. The van der Waals surface area contributed by atoms with Gasteiger partial charge in [-0.1, -0.05) is 5.16 Å². The normalized spacial score (nSPS) is 22.6. The number of fused-ring (bicyclic) bond motifs is 3. The molecule has 9 nitrogen and oxygen atoms in total. The van der Waals surface area contributed by atoms with Crippen molar-refractivity contribution in [2.45, 2.75) is 25.2 Å². The third-order valence-corrected chi connectivity index (χ3v) is 6.56. The summed E-state index contributed by atoms with van der Waals surface area (Å²) in [5.41, 5.74) is 3.82. The molecule has 5 heterocycles.